The van der Waals surface area contributed by atoms with Crippen LogP contribution in [0.4, 0.5) is 22.2 Å². The number of hydrazone groups is 1. The molecule has 4 rings (SSSR count). The van der Waals surface area contributed by atoms with Crippen molar-refractivity contribution in [2.45, 2.75) is 13.0 Å². The summed E-state index contributed by atoms with van der Waals surface area (Å²) in [5, 5.41) is 37.2. The van der Waals surface area contributed by atoms with Gasteiger partial charge in [-0.05, 0) is 13.0 Å². The van der Waals surface area contributed by atoms with Crippen LogP contribution in [-0.4, -0.2) is 32.5 Å². The normalized spacial score (nSPS) is 15.9. The van der Waals surface area contributed by atoms with Gasteiger partial charge in [-0.2, -0.15) is 15.2 Å². The van der Waals surface area contributed by atoms with E-state index in [1.54, 1.807) is 30.5 Å². The van der Waals surface area contributed by atoms with Crippen LogP contribution in [0.5, 0.6) is 0 Å². The van der Waals surface area contributed by atoms with E-state index in [4.69, 9.17) is 0 Å². The number of non-ortho nitro benzene ring substituents is 1. The van der Waals surface area contributed by atoms with Crippen LogP contribution in [0.15, 0.2) is 69.2 Å². The molecule has 1 atom stereocenters. The summed E-state index contributed by atoms with van der Waals surface area (Å²) in [6.07, 6.45) is 0. The summed E-state index contributed by atoms with van der Waals surface area (Å²) in [4.78, 5) is 38.3. The summed E-state index contributed by atoms with van der Waals surface area (Å²) >= 11 is 1.14. The summed E-state index contributed by atoms with van der Waals surface area (Å²) in [5.74, 6) is -0.509. The minimum Gasteiger partial charge on any atom is -0.269 e. The van der Waals surface area contributed by atoms with Crippen molar-refractivity contribution in [2.24, 2.45) is 15.3 Å². The number of carbonyl (C=O) groups excluding carboxylic acids is 1. The van der Waals surface area contributed by atoms with Crippen molar-refractivity contribution in [3.05, 3.63) is 74.1 Å². The molecule has 0 spiro atoms. The largest absolute Gasteiger partial charge is 0.296 e. The van der Waals surface area contributed by atoms with E-state index in [0.29, 0.717) is 17.0 Å². The van der Waals surface area contributed by atoms with E-state index >= 15 is 0 Å². The minimum absolute atomic E-state index is 0.0266. The molecular weight excluding hydrogens is 438 g/mol. The Bertz CT molecular complexity index is 1300. The SMILES string of the molecule is CC1=NN(c2nc(-c3cccc([N+](=O)[O-])c3)cs2)C(=O)C1N=Nc1ccccc1[N+](=O)[O-]. The van der Waals surface area contributed by atoms with Gasteiger partial charge in [0.2, 0.25) is 5.13 Å². The zero-order chi connectivity index (χ0) is 22.8. The Morgan fingerprint density at radius 3 is 2.62 bits per heavy atom. The number of rotatable bonds is 6. The molecule has 2 aromatic carbocycles. The van der Waals surface area contributed by atoms with Gasteiger partial charge in [0.25, 0.3) is 17.3 Å². The molecule has 13 heteroatoms. The van der Waals surface area contributed by atoms with E-state index < -0.39 is 21.8 Å². The number of hydrogen-bond acceptors (Lipinski definition) is 10. The highest BCUT2D eigenvalue weighted by molar-refractivity contribution is 7.14. The highest BCUT2D eigenvalue weighted by Crippen LogP contribution is 2.32. The number of carbonyl (C=O) groups is 1. The minimum atomic E-state index is -1.04. The maximum Gasteiger partial charge on any atom is 0.296 e. The van der Waals surface area contributed by atoms with E-state index in [1.807, 2.05) is 0 Å². The molecule has 160 valence electrons. The Hall–Kier alpha value is -4.39. The Balaban J connectivity index is 1.57. The third-order valence-corrected chi connectivity index (χ3v) is 5.30. The summed E-state index contributed by atoms with van der Waals surface area (Å²) in [6, 6.07) is 10.8. The smallest absolute Gasteiger partial charge is 0.269 e. The molecule has 0 saturated carbocycles. The van der Waals surface area contributed by atoms with Crippen molar-refractivity contribution in [3.63, 3.8) is 0 Å². The summed E-state index contributed by atoms with van der Waals surface area (Å²) in [7, 11) is 0. The molecule has 1 unspecified atom stereocenters. The number of amides is 1. The average molecular weight is 451 g/mol. The molecule has 0 bridgehead atoms. The first-order valence-electron chi connectivity index (χ1n) is 9.09. The molecule has 0 N–H and O–H groups in total. The highest BCUT2D eigenvalue weighted by atomic mass is 32.1. The van der Waals surface area contributed by atoms with E-state index in [2.05, 4.69) is 20.3 Å². The number of thiazole rings is 1. The molecule has 32 heavy (non-hydrogen) atoms. The molecule has 1 aromatic heterocycles. The lowest BCUT2D eigenvalue weighted by molar-refractivity contribution is -0.384. The number of azo groups is 1. The average Bonchev–Trinajstić information content (AvgIpc) is 3.37. The first kappa shape index (κ1) is 20.9. The molecule has 1 amide bonds. The van der Waals surface area contributed by atoms with E-state index in [1.165, 1.54) is 30.3 Å². The lowest BCUT2D eigenvalue weighted by Gasteiger charge is -2.08. The fourth-order valence-electron chi connectivity index (χ4n) is 2.92. The van der Waals surface area contributed by atoms with Gasteiger partial charge in [-0.3, -0.25) is 25.0 Å². The van der Waals surface area contributed by atoms with Gasteiger partial charge in [0.05, 0.1) is 21.3 Å². The van der Waals surface area contributed by atoms with Crippen LogP contribution in [-0.2, 0) is 4.79 Å². The number of nitrogens with zero attached hydrogens (tertiary/aromatic N) is 7. The van der Waals surface area contributed by atoms with E-state index in [0.717, 1.165) is 16.3 Å². The topological polar surface area (TPSA) is 157 Å². The van der Waals surface area contributed by atoms with Gasteiger partial charge < -0.3 is 0 Å². The fraction of sp³-hybridized carbons (Fsp3) is 0.105. The van der Waals surface area contributed by atoms with Gasteiger partial charge >= 0.3 is 0 Å². The predicted octanol–water partition coefficient (Wildman–Crippen LogP) is 4.50. The van der Waals surface area contributed by atoms with Crippen molar-refractivity contribution >= 4 is 45.1 Å². The van der Waals surface area contributed by atoms with Gasteiger partial charge in [-0.25, -0.2) is 4.98 Å². The Kier molecular flexibility index (Phi) is 5.47. The molecule has 0 radical (unpaired) electrons. The molecule has 0 saturated heterocycles. The number of para-hydroxylation sites is 1. The second-order valence-electron chi connectivity index (χ2n) is 6.58. The molecule has 12 nitrogen and oxygen atoms in total. The Morgan fingerprint density at radius 1 is 1.09 bits per heavy atom. The zero-order valence-corrected chi connectivity index (χ0v) is 17.2. The van der Waals surface area contributed by atoms with Gasteiger partial charge in [0.15, 0.2) is 11.7 Å². The lowest BCUT2D eigenvalue weighted by atomic mass is 10.1. The van der Waals surface area contributed by atoms with Crippen LogP contribution < -0.4 is 5.01 Å². The number of anilines is 1. The van der Waals surface area contributed by atoms with Crippen LogP contribution in [0, 0.1) is 20.2 Å². The maximum atomic E-state index is 12.8. The monoisotopic (exact) mass is 451 g/mol. The molecule has 2 heterocycles. The molecule has 0 fully saturated rings. The Morgan fingerprint density at radius 2 is 1.88 bits per heavy atom. The van der Waals surface area contributed by atoms with Crippen molar-refractivity contribution in [2.75, 3.05) is 5.01 Å². The molecule has 1 aliphatic heterocycles. The highest BCUT2D eigenvalue weighted by Gasteiger charge is 2.36. The van der Waals surface area contributed by atoms with Gasteiger partial charge in [0.1, 0.15) is 0 Å². The Labute approximate surface area is 183 Å². The third-order valence-electron chi connectivity index (χ3n) is 4.48. The van der Waals surface area contributed by atoms with Crippen molar-refractivity contribution in [3.8, 4) is 11.3 Å². The lowest BCUT2D eigenvalue weighted by Crippen LogP contribution is -2.29. The fourth-order valence-corrected chi connectivity index (χ4v) is 3.71. The first-order chi connectivity index (χ1) is 15.3. The van der Waals surface area contributed by atoms with Crippen LogP contribution in [0.3, 0.4) is 0 Å². The third kappa shape index (κ3) is 3.96. The van der Waals surface area contributed by atoms with Gasteiger partial charge in [-0.1, -0.05) is 24.3 Å². The van der Waals surface area contributed by atoms with E-state index in [-0.39, 0.29) is 22.2 Å². The summed E-state index contributed by atoms with van der Waals surface area (Å²) in [5.41, 5.74) is 1.07. The second-order valence-corrected chi connectivity index (χ2v) is 7.41. The molecule has 3 aromatic rings. The van der Waals surface area contributed by atoms with E-state index in [9.17, 15) is 25.0 Å². The standard InChI is InChI=1S/C19H13N7O5S/c1-11-17(22-21-14-7-2-3-8-16(14)26(30)31)18(27)24(23-11)19-20-15(10-32-19)12-5-4-6-13(9-12)25(28)29/h2-10,17H,1H3. The molecule has 0 aliphatic carbocycles. The number of benzene rings is 2. The molecular formula is C19H13N7O5S. The molecule has 1 aliphatic rings. The zero-order valence-electron chi connectivity index (χ0n) is 16.4. The summed E-state index contributed by atoms with van der Waals surface area (Å²) < 4.78 is 0. The number of nitro benzene ring substituents is 2. The number of hydrogen-bond donors (Lipinski definition) is 0. The first-order valence-corrected chi connectivity index (χ1v) is 9.97. The quantitative estimate of drug-likeness (QED) is 0.305. The van der Waals surface area contributed by atoms with Gasteiger partial charge in [-0.15, -0.1) is 16.5 Å². The maximum absolute atomic E-state index is 12.8. The van der Waals surface area contributed by atoms with Crippen molar-refractivity contribution in [1.29, 1.82) is 0 Å². The second kappa shape index (κ2) is 8.39. The van der Waals surface area contributed by atoms with Gasteiger partial charge in [0, 0.05) is 29.1 Å². The predicted molar refractivity (Wildman–Crippen MR) is 116 cm³/mol. The number of nitro groups is 2. The van der Waals surface area contributed by atoms with Crippen molar-refractivity contribution in [1.82, 2.24) is 4.98 Å². The van der Waals surface area contributed by atoms with Crippen LogP contribution in [0.2, 0.25) is 0 Å². The van der Waals surface area contributed by atoms with Crippen LogP contribution in [0.25, 0.3) is 11.3 Å². The van der Waals surface area contributed by atoms with Crippen LogP contribution >= 0.6 is 11.3 Å². The number of aromatic nitrogens is 1. The van der Waals surface area contributed by atoms with Crippen LogP contribution in [0.1, 0.15) is 6.92 Å². The van der Waals surface area contributed by atoms with Crippen molar-refractivity contribution < 1.29 is 14.6 Å². The summed E-state index contributed by atoms with van der Waals surface area (Å²) in [6.45, 7) is 1.59.